The first-order chi connectivity index (χ1) is 13.5. The van der Waals surface area contributed by atoms with Gasteiger partial charge < -0.3 is 4.74 Å². The Bertz CT molecular complexity index is 1010. The van der Waals surface area contributed by atoms with E-state index in [0.717, 1.165) is 12.2 Å². The molecule has 28 heavy (non-hydrogen) atoms. The fourth-order valence-electron chi connectivity index (χ4n) is 3.58. The molecule has 1 aromatic carbocycles. The Morgan fingerprint density at radius 3 is 2.93 bits per heavy atom. The normalized spacial score (nSPS) is 18.4. The third-order valence-electron chi connectivity index (χ3n) is 4.97. The predicted octanol–water partition coefficient (Wildman–Crippen LogP) is 3.36. The Morgan fingerprint density at radius 1 is 1.36 bits per heavy atom. The Morgan fingerprint density at radius 2 is 2.21 bits per heavy atom. The third kappa shape index (κ3) is 3.45. The number of anilines is 1. The summed E-state index contributed by atoms with van der Waals surface area (Å²) in [6.07, 6.45) is 3.83. The summed E-state index contributed by atoms with van der Waals surface area (Å²) in [5.74, 6) is 0.964. The van der Waals surface area contributed by atoms with Gasteiger partial charge in [-0.2, -0.15) is 4.98 Å². The minimum absolute atomic E-state index is 0.0306. The van der Waals surface area contributed by atoms with E-state index in [9.17, 15) is 9.18 Å². The maximum absolute atomic E-state index is 14.5. The highest BCUT2D eigenvalue weighted by Gasteiger charge is 2.30. The number of rotatable bonds is 4. The molecule has 3 aromatic rings. The number of aromatic nitrogens is 4. The SMILES string of the molecule is COc1ccc(C2CC(C)c3nc(NC(=O)c4cccnc4)nn3C2)c(F)c1. The van der Waals surface area contributed by atoms with Crippen molar-refractivity contribution in [1.82, 2.24) is 19.7 Å². The molecule has 4 rings (SSSR count). The first kappa shape index (κ1) is 18.1. The topological polar surface area (TPSA) is 81.9 Å². The number of benzene rings is 1. The number of methoxy groups -OCH3 is 1. The van der Waals surface area contributed by atoms with Crippen LogP contribution in [0.15, 0.2) is 42.7 Å². The number of hydrogen-bond acceptors (Lipinski definition) is 5. The summed E-state index contributed by atoms with van der Waals surface area (Å²) in [5, 5.41) is 7.12. The molecule has 8 heteroatoms. The van der Waals surface area contributed by atoms with Crippen molar-refractivity contribution in [2.75, 3.05) is 12.4 Å². The lowest BCUT2D eigenvalue weighted by Gasteiger charge is -2.27. The van der Waals surface area contributed by atoms with Gasteiger partial charge in [-0.15, -0.1) is 5.10 Å². The molecule has 0 saturated heterocycles. The number of pyridine rings is 1. The lowest BCUT2D eigenvalue weighted by Crippen LogP contribution is -2.23. The highest BCUT2D eigenvalue weighted by Crippen LogP contribution is 2.37. The number of hydrogen-bond donors (Lipinski definition) is 1. The van der Waals surface area contributed by atoms with Gasteiger partial charge in [-0.3, -0.25) is 15.1 Å². The molecule has 0 fully saturated rings. The first-order valence-corrected chi connectivity index (χ1v) is 9.04. The van der Waals surface area contributed by atoms with Gasteiger partial charge >= 0.3 is 0 Å². The summed E-state index contributed by atoms with van der Waals surface area (Å²) in [4.78, 5) is 20.7. The van der Waals surface area contributed by atoms with Crippen LogP contribution in [-0.2, 0) is 6.54 Å². The van der Waals surface area contributed by atoms with E-state index in [1.807, 2.05) is 6.92 Å². The Hall–Kier alpha value is -3.29. The zero-order chi connectivity index (χ0) is 19.7. The van der Waals surface area contributed by atoms with Crippen LogP contribution in [0.5, 0.6) is 5.75 Å². The average Bonchev–Trinajstić information content (AvgIpc) is 3.11. The van der Waals surface area contributed by atoms with Gasteiger partial charge in [0.25, 0.3) is 5.91 Å². The van der Waals surface area contributed by atoms with Crippen LogP contribution >= 0.6 is 0 Å². The minimum Gasteiger partial charge on any atom is -0.497 e. The molecule has 3 heterocycles. The number of carbonyl (C=O) groups excluding carboxylic acids is 1. The minimum atomic E-state index is -0.318. The maximum atomic E-state index is 14.5. The number of ether oxygens (including phenoxy) is 1. The van der Waals surface area contributed by atoms with Crippen LogP contribution in [0.3, 0.4) is 0 Å². The molecule has 2 aromatic heterocycles. The van der Waals surface area contributed by atoms with E-state index in [1.165, 1.54) is 19.4 Å². The molecule has 1 N–H and O–H groups in total. The number of nitrogens with one attached hydrogen (secondary N) is 1. The summed E-state index contributed by atoms with van der Waals surface area (Å²) < 4.78 is 21.3. The van der Waals surface area contributed by atoms with E-state index >= 15 is 0 Å². The second kappa shape index (κ2) is 7.38. The largest absolute Gasteiger partial charge is 0.497 e. The molecule has 0 aliphatic carbocycles. The van der Waals surface area contributed by atoms with Crippen molar-refractivity contribution >= 4 is 11.9 Å². The third-order valence-corrected chi connectivity index (χ3v) is 4.97. The highest BCUT2D eigenvalue weighted by atomic mass is 19.1. The molecular formula is C20H20FN5O2. The lowest BCUT2D eigenvalue weighted by molar-refractivity contribution is 0.102. The smallest absolute Gasteiger partial charge is 0.259 e. The maximum Gasteiger partial charge on any atom is 0.259 e. The number of halogens is 1. The van der Waals surface area contributed by atoms with Crippen molar-refractivity contribution < 1.29 is 13.9 Å². The number of amides is 1. The average molecular weight is 381 g/mol. The van der Waals surface area contributed by atoms with Crippen molar-refractivity contribution in [3.05, 3.63) is 65.5 Å². The summed E-state index contributed by atoms with van der Waals surface area (Å²) in [6, 6.07) is 8.29. The summed E-state index contributed by atoms with van der Waals surface area (Å²) in [7, 11) is 1.51. The van der Waals surface area contributed by atoms with E-state index in [1.54, 1.807) is 35.1 Å². The number of nitrogens with zero attached hydrogens (tertiary/aromatic N) is 4. The molecule has 0 bridgehead atoms. The molecule has 1 aliphatic heterocycles. The van der Waals surface area contributed by atoms with Crippen molar-refractivity contribution in [2.45, 2.75) is 31.7 Å². The standard InChI is InChI=1S/C20H20FN5O2/c1-12-8-14(16-6-5-15(28-2)9-17(16)21)11-26-18(12)23-20(25-26)24-19(27)13-4-3-7-22-10-13/h3-7,9-10,12,14H,8,11H2,1-2H3,(H,24,25,27). The summed E-state index contributed by atoms with van der Waals surface area (Å²) >= 11 is 0. The zero-order valence-corrected chi connectivity index (χ0v) is 15.6. The fraction of sp³-hybridized carbons (Fsp3) is 0.300. The molecule has 1 aliphatic rings. The zero-order valence-electron chi connectivity index (χ0n) is 15.6. The van der Waals surface area contributed by atoms with Crippen molar-refractivity contribution in [3.63, 3.8) is 0 Å². The van der Waals surface area contributed by atoms with Crippen LogP contribution in [0.4, 0.5) is 10.3 Å². The van der Waals surface area contributed by atoms with Gasteiger partial charge in [0.1, 0.15) is 17.4 Å². The molecule has 0 spiro atoms. The lowest BCUT2D eigenvalue weighted by atomic mass is 9.86. The van der Waals surface area contributed by atoms with Gasteiger partial charge in [-0.05, 0) is 30.2 Å². The van der Waals surface area contributed by atoms with Gasteiger partial charge in [0.05, 0.1) is 19.2 Å². The number of carbonyl (C=O) groups is 1. The summed E-state index contributed by atoms with van der Waals surface area (Å²) in [6.45, 7) is 2.53. The van der Waals surface area contributed by atoms with Crippen molar-refractivity contribution in [2.24, 2.45) is 0 Å². The molecular weight excluding hydrogens is 361 g/mol. The van der Waals surface area contributed by atoms with E-state index in [2.05, 4.69) is 20.4 Å². The van der Waals surface area contributed by atoms with Gasteiger partial charge in [0.2, 0.25) is 5.95 Å². The fourth-order valence-corrected chi connectivity index (χ4v) is 3.58. The summed E-state index contributed by atoms with van der Waals surface area (Å²) in [5.41, 5.74) is 1.07. The Kier molecular flexibility index (Phi) is 4.77. The van der Waals surface area contributed by atoms with E-state index in [4.69, 9.17) is 4.74 Å². The van der Waals surface area contributed by atoms with Crippen LogP contribution in [0, 0.1) is 5.82 Å². The van der Waals surface area contributed by atoms with E-state index in [0.29, 0.717) is 23.4 Å². The van der Waals surface area contributed by atoms with Crippen LogP contribution in [0.2, 0.25) is 0 Å². The second-order valence-corrected chi connectivity index (χ2v) is 6.89. The second-order valence-electron chi connectivity index (χ2n) is 6.89. The Labute approximate surface area is 161 Å². The molecule has 144 valence electrons. The van der Waals surface area contributed by atoms with E-state index in [-0.39, 0.29) is 29.5 Å². The molecule has 0 saturated carbocycles. The Balaban J connectivity index is 1.55. The quantitative estimate of drug-likeness (QED) is 0.749. The first-order valence-electron chi connectivity index (χ1n) is 9.04. The van der Waals surface area contributed by atoms with Gasteiger partial charge in [0, 0.05) is 30.3 Å². The van der Waals surface area contributed by atoms with Gasteiger partial charge in [0.15, 0.2) is 0 Å². The van der Waals surface area contributed by atoms with Crippen LogP contribution in [0.1, 0.15) is 46.9 Å². The molecule has 2 atom stereocenters. The van der Waals surface area contributed by atoms with Crippen LogP contribution in [0.25, 0.3) is 0 Å². The molecule has 2 unspecified atom stereocenters. The van der Waals surface area contributed by atoms with Crippen molar-refractivity contribution in [3.8, 4) is 5.75 Å². The van der Waals surface area contributed by atoms with Gasteiger partial charge in [-0.25, -0.2) is 9.07 Å². The molecule has 1 amide bonds. The monoisotopic (exact) mass is 381 g/mol. The van der Waals surface area contributed by atoms with Crippen molar-refractivity contribution in [1.29, 1.82) is 0 Å². The highest BCUT2D eigenvalue weighted by molar-refractivity contribution is 6.03. The molecule has 0 radical (unpaired) electrons. The van der Waals surface area contributed by atoms with Gasteiger partial charge in [-0.1, -0.05) is 13.0 Å². The number of fused-ring (bicyclic) bond motifs is 1. The predicted molar refractivity (Wildman–Crippen MR) is 101 cm³/mol. The van der Waals surface area contributed by atoms with E-state index < -0.39 is 0 Å². The molecule has 7 nitrogen and oxygen atoms in total. The van der Waals surface area contributed by atoms with Crippen LogP contribution < -0.4 is 10.1 Å². The van der Waals surface area contributed by atoms with Crippen LogP contribution in [-0.4, -0.2) is 32.8 Å².